The van der Waals surface area contributed by atoms with Crippen LogP contribution >= 0.6 is 0 Å². The average molecular weight is 261 g/mol. The summed E-state index contributed by atoms with van der Waals surface area (Å²) in [5.74, 6) is 1.08. The van der Waals surface area contributed by atoms with E-state index in [1.165, 1.54) is 11.3 Å². The fourth-order valence-electron chi connectivity index (χ4n) is 2.11. The van der Waals surface area contributed by atoms with E-state index >= 15 is 0 Å². The van der Waals surface area contributed by atoms with Crippen LogP contribution < -0.4 is 10.2 Å². The molecule has 0 fully saturated rings. The maximum absolute atomic E-state index is 4.76. The number of rotatable bonds is 9. The van der Waals surface area contributed by atoms with Gasteiger partial charge in [-0.15, -0.1) is 6.58 Å². The van der Waals surface area contributed by atoms with Gasteiger partial charge in [-0.3, -0.25) is 0 Å². The molecule has 1 aromatic heterocycles. The van der Waals surface area contributed by atoms with Crippen LogP contribution in [0.15, 0.2) is 24.8 Å². The fourth-order valence-corrected chi connectivity index (χ4v) is 2.11. The topological polar surface area (TPSA) is 28.2 Å². The maximum atomic E-state index is 4.76. The molecule has 0 saturated carbocycles. The SMILES string of the molecule is C=CCCCN(C)c1cc(CNC)cc(CCC)n1. The highest BCUT2D eigenvalue weighted by Crippen LogP contribution is 2.16. The molecule has 1 rings (SSSR count). The molecule has 1 aromatic rings. The van der Waals surface area contributed by atoms with E-state index in [0.29, 0.717) is 0 Å². The number of aromatic nitrogens is 1. The third-order valence-corrected chi connectivity index (χ3v) is 3.10. The van der Waals surface area contributed by atoms with Crippen LogP contribution in [-0.4, -0.2) is 25.6 Å². The van der Waals surface area contributed by atoms with Crippen molar-refractivity contribution in [3.05, 3.63) is 36.0 Å². The van der Waals surface area contributed by atoms with E-state index < -0.39 is 0 Å². The third kappa shape index (κ3) is 5.43. The Morgan fingerprint density at radius 2 is 2.21 bits per heavy atom. The van der Waals surface area contributed by atoms with Gasteiger partial charge in [0.1, 0.15) is 5.82 Å². The first-order chi connectivity index (χ1) is 9.21. The predicted molar refractivity (Wildman–Crippen MR) is 83.7 cm³/mol. The molecule has 3 heteroatoms. The number of pyridine rings is 1. The van der Waals surface area contributed by atoms with Gasteiger partial charge >= 0.3 is 0 Å². The van der Waals surface area contributed by atoms with Crippen molar-refractivity contribution in [2.75, 3.05) is 25.5 Å². The van der Waals surface area contributed by atoms with E-state index in [0.717, 1.165) is 44.6 Å². The van der Waals surface area contributed by atoms with Gasteiger partial charge < -0.3 is 10.2 Å². The molecule has 0 saturated heterocycles. The van der Waals surface area contributed by atoms with Gasteiger partial charge in [0.05, 0.1) is 0 Å². The van der Waals surface area contributed by atoms with Gasteiger partial charge in [-0.05, 0) is 44.0 Å². The summed E-state index contributed by atoms with van der Waals surface area (Å²) < 4.78 is 0. The van der Waals surface area contributed by atoms with Crippen molar-refractivity contribution >= 4 is 5.82 Å². The lowest BCUT2D eigenvalue weighted by molar-refractivity contribution is 0.773. The van der Waals surface area contributed by atoms with Crippen molar-refractivity contribution in [2.45, 2.75) is 39.2 Å². The molecule has 19 heavy (non-hydrogen) atoms. The average Bonchev–Trinajstić information content (AvgIpc) is 2.39. The Labute approximate surface area is 117 Å². The van der Waals surface area contributed by atoms with Crippen molar-refractivity contribution in [1.82, 2.24) is 10.3 Å². The van der Waals surface area contributed by atoms with Gasteiger partial charge in [0.25, 0.3) is 0 Å². The second kappa shape index (κ2) is 8.70. The number of nitrogens with zero attached hydrogens (tertiary/aromatic N) is 2. The Hall–Kier alpha value is -1.35. The van der Waals surface area contributed by atoms with E-state index in [9.17, 15) is 0 Å². The highest BCUT2D eigenvalue weighted by molar-refractivity contribution is 5.42. The zero-order chi connectivity index (χ0) is 14.1. The second-order valence-electron chi connectivity index (χ2n) is 4.96. The molecule has 0 amide bonds. The molecule has 0 atom stereocenters. The molecule has 0 aliphatic rings. The summed E-state index contributed by atoms with van der Waals surface area (Å²) in [5.41, 5.74) is 2.51. The molecule has 0 bridgehead atoms. The zero-order valence-electron chi connectivity index (χ0n) is 12.6. The van der Waals surface area contributed by atoms with Crippen molar-refractivity contribution < 1.29 is 0 Å². The predicted octanol–water partition coefficient (Wildman–Crippen LogP) is 3.16. The first-order valence-electron chi connectivity index (χ1n) is 7.17. The summed E-state index contributed by atoms with van der Waals surface area (Å²) in [6.45, 7) is 7.88. The number of hydrogen-bond donors (Lipinski definition) is 1. The van der Waals surface area contributed by atoms with Gasteiger partial charge in [0.2, 0.25) is 0 Å². The molecule has 0 aliphatic carbocycles. The minimum absolute atomic E-state index is 0.896. The van der Waals surface area contributed by atoms with Crippen LogP contribution in [0.3, 0.4) is 0 Å². The van der Waals surface area contributed by atoms with E-state index in [-0.39, 0.29) is 0 Å². The second-order valence-corrected chi connectivity index (χ2v) is 4.96. The normalized spacial score (nSPS) is 10.5. The standard InChI is InChI=1S/C16H27N3/c1-5-7-8-10-19(4)16-12-14(13-17-3)11-15(18-16)9-6-2/h5,11-12,17H,1,6-10,13H2,2-4H3. The van der Waals surface area contributed by atoms with Gasteiger partial charge in [0, 0.05) is 25.8 Å². The largest absolute Gasteiger partial charge is 0.360 e. The lowest BCUT2D eigenvalue weighted by Gasteiger charge is -2.19. The van der Waals surface area contributed by atoms with Gasteiger partial charge in [-0.1, -0.05) is 19.4 Å². The smallest absolute Gasteiger partial charge is 0.128 e. The molecule has 0 unspecified atom stereocenters. The number of nitrogens with one attached hydrogen (secondary N) is 1. The van der Waals surface area contributed by atoms with Crippen LogP contribution in [0.5, 0.6) is 0 Å². The number of hydrogen-bond acceptors (Lipinski definition) is 3. The molecule has 1 N–H and O–H groups in total. The highest BCUT2D eigenvalue weighted by Gasteiger charge is 2.06. The number of unbranched alkanes of at least 4 members (excludes halogenated alkanes) is 1. The summed E-state index contributed by atoms with van der Waals surface area (Å²) in [6, 6.07) is 4.39. The van der Waals surface area contributed by atoms with E-state index in [1.807, 2.05) is 13.1 Å². The van der Waals surface area contributed by atoms with E-state index in [1.54, 1.807) is 0 Å². The first-order valence-corrected chi connectivity index (χ1v) is 7.17. The van der Waals surface area contributed by atoms with E-state index in [2.05, 4.69) is 42.9 Å². The van der Waals surface area contributed by atoms with Crippen LogP contribution in [0.2, 0.25) is 0 Å². The van der Waals surface area contributed by atoms with E-state index in [4.69, 9.17) is 4.98 Å². The van der Waals surface area contributed by atoms with Gasteiger partial charge in [0.15, 0.2) is 0 Å². The van der Waals surface area contributed by atoms with Crippen molar-refractivity contribution in [3.63, 3.8) is 0 Å². The number of aryl methyl sites for hydroxylation is 1. The minimum atomic E-state index is 0.896. The van der Waals surface area contributed by atoms with Crippen LogP contribution in [0, 0.1) is 0 Å². The Balaban J connectivity index is 2.81. The summed E-state index contributed by atoms with van der Waals surface area (Å²) in [5, 5.41) is 3.21. The highest BCUT2D eigenvalue weighted by atomic mass is 15.2. The lowest BCUT2D eigenvalue weighted by atomic mass is 10.1. The molecule has 0 radical (unpaired) electrons. The summed E-state index contributed by atoms with van der Waals surface area (Å²) >= 11 is 0. The van der Waals surface area contributed by atoms with Crippen LogP contribution in [0.4, 0.5) is 5.82 Å². The van der Waals surface area contributed by atoms with Gasteiger partial charge in [-0.2, -0.15) is 0 Å². The van der Waals surface area contributed by atoms with Crippen LogP contribution in [0.1, 0.15) is 37.4 Å². The lowest BCUT2D eigenvalue weighted by Crippen LogP contribution is -2.20. The Morgan fingerprint density at radius 3 is 2.84 bits per heavy atom. The molecular formula is C16H27N3. The van der Waals surface area contributed by atoms with Crippen molar-refractivity contribution in [3.8, 4) is 0 Å². The summed E-state index contributed by atoms with van der Waals surface area (Å²) in [4.78, 5) is 6.99. The molecule has 106 valence electrons. The Bertz CT molecular complexity index is 363. The third-order valence-electron chi connectivity index (χ3n) is 3.10. The monoisotopic (exact) mass is 261 g/mol. The van der Waals surface area contributed by atoms with Crippen LogP contribution in [0.25, 0.3) is 0 Å². The molecular weight excluding hydrogens is 234 g/mol. The summed E-state index contributed by atoms with van der Waals surface area (Å²) in [6.07, 6.45) is 6.34. The van der Waals surface area contributed by atoms with Crippen LogP contribution in [-0.2, 0) is 13.0 Å². The first kappa shape index (κ1) is 15.7. The maximum Gasteiger partial charge on any atom is 0.128 e. The minimum Gasteiger partial charge on any atom is -0.360 e. The molecule has 0 aliphatic heterocycles. The number of allylic oxidation sites excluding steroid dienone is 1. The van der Waals surface area contributed by atoms with Crippen molar-refractivity contribution in [1.29, 1.82) is 0 Å². The summed E-state index contributed by atoms with van der Waals surface area (Å²) in [7, 11) is 4.09. The fraction of sp³-hybridized carbons (Fsp3) is 0.562. The molecule has 3 nitrogen and oxygen atoms in total. The molecule has 0 aromatic carbocycles. The van der Waals surface area contributed by atoms with Gasteiger partial charge in [-0.25, -0.2) is 4.98 Å². The Morgan fingerprint density at radius 1 is 1.42 bits per heavy atom. The number of anilines is 1. The molecule has 1 heterocycles. The molecule has 0 spiro atoms. The quantitative estimate of drug-likeness (QED) is 0.547. The van der Waals surface area contributed by atoms with Crippen molar-refractivity contribution in [2.24, 2.45) is 0 Å². The Kier molecular flexibility index (Phi) is 7.19. The zero-order valence-corrected chi connectivity index (χ0v) is 12.6.